The zero-order chi connectivity index (χ0) is 17.6. The molecule has 1 aliphatic rings. The first-order chi connectivity index (χ1) is 12.1. The predicted molar refractivity (Wildman–Crippen MR) is 91.0 cm³/mol. The SMILES string of the molecule is CC(C)Cc1cc(C(=O)N2CCO[C@@H](CCc3ccncn3)C2)on1. The fourth-order valence-electron chi connectivity index (χ4n) is 2.94. The van der Waals surface area contributed by atoms with Crippen LogP contribution < -0.4 is 0 Å². The third-order valence-electron chi connectivity index (χ3n) is 4.18. The number of carbonyl (C=O) groups is 1. The average molecular weight is 344 g/mol. The highest BCUT2D eigenvalue weighted by Crippen LogP contribution is 2.16. The van der Waals surface area contributed by atoms with E-state index in [9.17, 15) is 4.79 Å². The summed E-state index contributed by atoms with van der Waals surface area (Å²) < 4.78 is 11.0. The summed E-state index contributed by atoms with van der Waals surface area (Å²) >= 11 is 0. The van der Waals surface area contributed by atoms with Crippen molar-refractivity contribution in [1.29, 1.82) is 0 Å². The zero-order valence-electron chi connectivity index (χ0n) is 14.7. The fourth-order valence-corrected chi connectivity index (χ4v) is 2.94. The van der Waals surface area contributed by atoms with Crippen molar-refractivity contribution in [3.8, 4) is 0 Å². The van der Waals surface area contributed by atoms with Gasteiger partial charge in [0.25, 0.3) is 5.91 Å². The Bertz CT molecular complexity index is 687. The normalized spacial score (nSPS) is 17.9. The minimum atomic E-state index is -0.113. The molecule has 1 atom stereocenters. The summed E-state index contributed by atoms with van der Waals surface area (Å²) in [7, 11) is 0. The molecule has 0 unspecified atom stereocenters. The van der Waals surface area contributed by atoms with Crippen LogP contribution in [-0.4, -0.2) is 51.7 Å². The third-order valence-corrected chi connectivity index (χ3v) is 4.18. The van der Waals surface area contributed by atoms with Gasteiger partial charge < -0.3 is 14.2 Å². The second-order valence-corrected chi connectivity index (χ2v) is 6.76. The Morgan fingerprint density at radius 2 is 2.28 bits per heavy atom. The highest BCUT2D eigenvalue weighted by atomic mass is 16.5. The third kappa shape index (κ3) is 4.85. The molecule has 7 heteroatoms. The number of hydrogen-bond donors (Lipinski definition) is 0. The van der Waals surface area contributed by atoms with Crippen molar-refractivity contribution >= 4 is 5.91 Å². The van der Waals surface area contributed by atoms with Gasteiger partial charge in [0, 0.05) is 31.0 Å². The summed E-state index contributed by atoms with van der Waals surface area (Å²) in [6, 6.07) is 3.66. The first-order valence-corrected chi connectivity index (χ1v) is 8.73. The van der Waals surface area contributed by atoms with Crippen molar-refractivity contribution in [2.45, 2.75) is 39.2 Å². The lowest BCUT2D eigenvalue weighted by Crippen LogP contribution is -2.45. The molecule has 2 aromatic rings. The van der Waals surface area contributed by atoms with Gasteiger partial charge in [0.2, 0.25) is 5.76 Å². The molecule has 2 aromatic heterocycles. The molecule has 0 bridgehead atoms. The van der Waals surface area contributed by atoms with Gasteiger partial charge in [-0.05, 0) is 31.2 Å². The number of aromatic nitrogens is 3. The van der Waals surface area contributed by atoms with Gasteiger partial charge in [-0.15, -0.1) is 0 Å². The molecule has 0 spiro atoms. The second-order valence-electron chi connectivity index (χ2n) is 6.76. The Morgan fingerprint density at radius 3 is 3.04 bits per heavy atom. The molecule has 1 saturated heterocycles. The van der Waals surface area contributed by atoms with Crippen LogP contribution in [-0.2, 0) is 17.6 Å². The van der Waals surface area contributed by atoms with Crippen LogP contribution in [0.5, 0.6) is 0 Å². The predicted octanol–water partition coefficient (Wildman–Crippen LogP) is 2.14. The monoisotopic (exact) mass is 344 g/mol. The topological polar surface area (TPSA) is 81.4 Å². The maximum Gasteiger partial charge on any atom is 0.292 e. The Hall–Kier alpha value is -2.28. The lowest BCUT2D eigenvalue weighted by Gasteiger charge is -2.32. The Morgan fingerprint density at radius 1 is 1.40 bits per heavy atom. The van der Waals surface area contributed by atoms with Gasteiger partial charge in [0.15, 0.2) is 0 Å². The number of ether oxygens (including phenoxy) is 1. The van der Waals surface area contributed by atoms with Gasteiger partial charge in [-0.3, -0.25) is 4.79 Å². The maximum atomic E-state index is 12.6. The van der Waals surface area contributed by atoms with Gasteiger partial charge in [-0.1, -0.05) is 19.0 Å². The molecule has 1 aliphatic heterocycles. The molecule has 0 radical (unpaired) electrons. The molecular formula is C18H24N4O3. The van der Waals surface area contributed by atoms with E-state index in [1.165, 1.54) is 0 Å². The lowest BCUT2D eigenvalue weighted by atomic mass is 10.1. The highest BCUT2D eigenvalue weighted by molar-refractivity contribution is 5.91. The van der Waals surface area contributed by atoms with Crippen molar-refractivity contribution in [1.82, 2.24) is 20.0 Å². The van der Waals surface area contributed by atoms with Gasteiger partial charge in [-0.25, -0.2) is 9.97 Å². The van der Waals surface area contributed by atoms with Crippen LogP contribution in [0.4, 0.5) is 0 Å². The lowest BCUT2D eigenvalue weighted by molar-refractivity contribution is -0.0258. The van der Waals surface area contributed by atoms with Crippen LogP contribution in [0.3, 0.4) is 0 Å². The number of hydrogen-bond acceptors (Lipinski definition) is 6. The summed E-state index contributed by atoms with van der Waals surface area (Å²) in [5.74, 6) is 0.674. The molecule has 3 heterocycles. The summed E-state index contributed by atoms with van der Waals surface area (Å²) in [5, 5.41) is 4.00. The molecule has 0 aliphatic carbocycles. The van der Waals surface area contributed by atoms with Crippen molar-refractivity contribution in [3.05, 3.63) is 41.8 Å². The summed E-state index contributed by atoms with van der Waals surface area (Å²) in [6.07, 6.45) is 5.71. The molecule has 1 amide bonds. The van der Waals surface area contributed by atoms with Crippen LogP contribution in [0.1, 0.15) is 42.2 Å². The Kier molecular flexibility index (Phi) is 5.75. The van der Waals surface area contributed by atoms with Gasteiger partial charge in [0.05, 0.1) is 18.4 Å². The van der Waals surface area contributed by atoms with Crippen molar-refractivity contribution in [3.63, 3.8) is 0 Å². The number of amides is 1. The Labute approximate surface area is 147 Å². The summed E-state index contributed by atoms with van der Waals surface area (Å²) in [4.78, 5) is 22.6. The molecule has 0 saturated carbocycles. The van der Waals surface area contributed by atoms with E-state index in [4.69, 9.17) is 9.26 Å². The van der Waals surface area contributed by atoms with E-state index < -0.39 is 0 Å². The quantitative estimate of drug-likeness (QED) is 0.798. The van der Waals surface area contributed by atoms with Crippen molar-refractivity contribution < 1.29 is 14.1 Å². The minimum Gasteiger partial charge on any atom is -0.375 e. The molecule has 3 rings (SSSR count). The maximum absolute atomic E-state index is 12.6. The van der Waals surface area contributed by atoms with E-state index in [-0.39, 0.29) is 12.0 Å². The average Bonchev–Trinajstić information content (AvgIpc) is 3.08. The molecule has 7 nitrogen and oxygen atoms in total. The van der Waals surface area contributed by atoms with Gasteiger partial charge in [0.1, 0.15) is 6.33 Å². The second kappa shape index (κ2) is 8.20. The fraction of sp³-hybridized carbons (Fsp3) is 0.556. The number of nitrogens with zero attached hydrogens (tertiary/aromatic N) is 4. The first-order valence-electron chi connectivity index (χ1n) is 8.73. The largest absolute Gasteiger partial charge is 0.375 e. The van der Waals surface area contributed by atoms with Gasteiger partial charge in [-0.2, -0.15) is 0 Å². The molecule has 25 heavy (non-hydrogen) atoms. The van der Waals surface area contributed by atoms with E-state index in [1.807, 2.05) is 6.07 Å². The van der Waals surface area contributed by atoms with Crippen LogP contribution >= 0.6 is 0 Å². The highest BCUT2D eigenvalue weighted by Gasteiger charge is 2.27. The molecule has 1 fully saturated rings. The van der Waals surface area contributed by atoms with Crippen LogP contribution in [0.25, 0.3) is 0 Å². The van der Waals surface area contributed by atoms with Crippen LogP contribution in [0, 0.1) is 5.92 Å². The number of rotatable bonds is 6. The molecular weight excluding hydrogens is 320 g/mol. The number of morpholine rings is 1. The van der Waals surface area contributed by atoms with E-state index >= 15 is 0 Å². The first kappa shape index (κ1) is 17.5. The standard InChI is InChI=1S/C18H24N4O3/c1-13(2)9-15-10-17(25-21-15)18(23)22-7-8-24-16(11-22)4-3-14-5-6-19-12-20-14/h5-6,10,12-13,16H,3-4,7-9,11H2,1-2H3/t16-/m0/s1. The Balaban J connectivity index is 1.55. The van der Waals surface area contributed by atoms with E-state index in [0.717, 1.165) is 30.7 Å². The molecule has 0 aromatic carbocycles. The number of carbonyl (C=O) groups excluding carboxylic acids is 1. The van der Waals surface area contributed by atoms with Crippen LogP contribution in [0.15, 0.2) is 29.2 Å². The van der Waals surface area contributed by atoms with Crippen molar-refractivity contribution in [2.24, 2.45) is 5.92 Å². The summed E-state index contributed by atoms with van der Waals surface area (Å²) in [5.41, 5.74) is 1.81. The minimum absolute atomic E-state index is 0.00530. The van der Waals surface area contributed by atoms with Crippen molar-refractivity contribution in [2.75, 3.05) is 19.7 Å². The smallest absolute Gasteiger partial charge is 0.292 e. The molecule has 0 N–H and O–H groups in total. The van der Waals surface area contributed by atoms with E-state index in [0.29, 0.717) is 31.4 Å². The van der Waals surface area contributed by atoms with Gasteiger partial charge >= 0.3 is 0 Å². The van der Waals surface area contributed by atoms with E-state index in [2.05, 4.69) is 29.0 Å². The molecule has 134 valence electrons. The zero-order valence-corrected chi connectivity index (χ0v) is 14.7. The summed E-state index contributed by atoms with van der Waals surface area (Å²) in [6.45, 7) is 5.89. The van der Waals surface area contributed by atoms with E-state index in [1.54, 1.807) is 23.5 Å². The van der Waals surface area contributed by atoms with Crippen LogP contribution in [0.2, 0.25) is 0 Å². The number of aryl methyl sites for hydroxylation is 1.